The number of rotatable bonds is 6. The van der Waals surface area contributed by atoms with Crippen LogP contribution < -0.4 is 10.2 Å². The number of hydrogen-bond donors (Lipinski definition) is 1. The SMILES string of the molecule is [2H]c1c([2H])c([2H])c(C(=O)N([2H])C2CCN(c3ncnc4c3c(-c3cnn(C)c3)cn4S(=O)(=O)c3ccccc3)CC2)c([2H])c1[2H]. The molecule has 0 spiro atoms. The van der Waals surface area contributed by atoms with E-state index in [1.54, 1.807) is 42.3 Å². The van der Waals surface area contributed by atoms with Crippen molar-refractivity contribution in [3.63, 3.8) is 0 Å². The Morgan fingerprint density at radius 2 is 1.82 bits per heavy atom. The van der Waals surface area contributed by atoms with Crippen molar-refractivity contribution in [2.24, 2.45) is 7.05 Å². The summed E-state index contributed by atoms with van der Waals surface area (Å²) in [5, 5.41) is 5.44. The highest BCUT2D eigenvalue weighted by molar-refractivity contribution is 7.90. The Kier molecular flexibility index (Phi) is 4.79. The standard InChI is InChI=1S/C28H27N7O3S/c1-33-17-21(16-31-33)24-18-35(39(37,38)23-10-6-3-7-11-23)27-25(24)26(29-19-30-27)34-14-12-22(13-15-34)32-28(36)20-8-4-2-5-9-20/h2-11,16-19,22H,12-15H2,1H3,(H,32,36)/i2D,4D,5D,8D,9D/hD. The summed E-state index contributed by atoms with van der Waals surface area (Å²) in [5.41, 5.74) is 0.868. The number of carbonyl (C=O) groups excluding carboxylic acids is 1. The lowest BCUT2D eigenvalue weighted by molar-refractivity contribution is 0.0931. The van der Waals surface area contributed by atoms with Gasteiger partial charge in [-0.1, -0.05) is 36.3 Å². The van der Waals surface area contributed by atoms with Crippen LogP contribution >= 0.6 is 0 Å². The van der Waals surface area contributed by atoms with Crippen molar-refractivity contribution in [3.8, 4) is 11.1 Å². The van der Waals surface area contributed by atoms with Crippen LogP contribution in [0.3, 0.4) is 0 Å². The van der Waals surface area contributed by atoms with E-state index < -0.39 is 57.7 Å². The summed E-state index contributed by atoms with van der Waals surface area (Å²) in [4.78, 5) is 24.2. The molecule has 0 bridgehead atoms. The van der Waals surface area contributed by atoms with Crippen LogP contribution in [0.1, 0.15) is 30.1 Å². The summed E-state index contributed by atoms with van der Waals surface area (Å²) in [6.07, 6.45) is 6.82. The number of fused-ring (bicyclic) bond motifs is 1. The average molecular weight is 548 g/mol. The largest absolute Gasteiger partial charge is 0.356 e. The number of nitrogens with one attached hydrogen (secondary N) is 1. The number of anilines is 1. The van der Waals surface area contributed by atoms with E-state index in [0.717, 1.165) is 3.97 Å². The monoisotopic (exact) mass is 547 g/mol. The quantitative estimate of drug-likeness (QED) is 0.346. The number of amides is 1. The van der Waals surface area contributed by atoms with Crippen molar-refractivity contribution in [3.05, 3.63) is 91.0 Å². The summed E-state index contributed by atoms with van der Waals surface area (Å²) < 4.78 is 78.5. The summed E-state index contributed by atoms with van der Waals surface area (Å²) in [6.45, 7) is 0.673. The highest BCUT2D eigenvalue weighted by Crippen LogP contribution is 2.37. The average Bonchev–Trinajstić information content (AvgIpc) is 3.67. The van der Waals surface area contributed by atoms with Crippen LogP contribution in [-0.2, 0) is 17.1 Å². The molecule has 4 heterocycles. The zero-order chi connectivity index (χ0) is 32.2. The summed E-state index contributed by atoms with van der Waals surface area (Å²) >= 11 is 0. The number of carbonyl (C=O) groups is 1. The molecular formula is C28H27N7O3S. The molecule has 3 aromatic heterocycles. The van der Waals surface area contributed by atoms with Gasteiger partial charge in [-0.05, 0) is 37.1 Å². The lowest BCUT2D eigenvalue weighted by Gasteiger charge is -2.33. The van der Waals surface area contributed by atoms with Gasteiger partial charge >= 0.3 is 0 Å². The van der Waals surface area contributed by atoms with Gasteiger partial charge in [0.2, 0.25) is 0 Å². The second-order valence-corrected chi connectivity index (χ2v) is 10.9. The first kappa shape index (κ1) is 18.7. The fourth-order valence-corrected chi connectivity index (χ4v) is 6.06. The molecule has 1 amide bonds. The van der Waals surface area contributed by atoms with E-state index in [-0.39, 0.29) is 10.5 Å². The number of aromatic nitrogens is 5. The van der Waals surface area contributed by atoms with E-state index in [4.69, 9.17) is 8.27 Å². The van der Waals surface area contributed by atoms with Crippen molar-refractivity contribution in [1.82, 2.24) is 29.0 Å². The van der Waals surface area contributed by atoms with Gasteiger partial charge in [-0.15, -0.1) is 0 Å². The first-order chi connectivity index (χ1) is 21.4. The second kappa shape index (κ2) is 9.99. The molecule has 0 aliphatic carbocycles. The van der Waals surface area contributed by atoms with Gasteiger partial charge in [-0.25, -0.2) is 22.4 Å². The van der Waals surface area contributed by atoms with Crippen molar-refractivity contribution in [2.45, 2.75) is 23.8 Å². The Morgan fingerprint density at radius 1 is 1.08 bits per heavy atom. The number of piperidine rings is 1. The van der Waals surface area contributed by atoms with Crippen LogP contribution in [0.2, 0.25) is 1.41 Å². The predicted octanol–water partition coefficient (Wildman–Crippen LogP) is 3.47. The van der Waals surface area contributed by atoms with Gasteiger partial charge in [0, 0.05) is 55.3 Å². The van der Waals surface area contributed by atoms with Gasteiger partial charge in [0.15, 0.2) is 7.06 Å². The molecule has 1 aliphatic heterocycles. The normalized spacial score (nSPS) is 16.7. The molecule has 10 nitrogen and oxygen atoms in total. The van der Waals surface area contributed by atoms with Crippen LogP contribution in [0.15, 0.2) is 90.4 Å². The van der Waals surface area contributed by atoms with Gasteiger partial charge in [0.1, 0.15) is 12.1 Å². The fraction of sp³-hybridized carbons (Fsp3) is 0.214. The van der Waals surface area contributed by atoms with Gasteiger partial charge in [0.05, 0.1) is 23.3 Å². The topological polar surface area (TPSA) is 115 Å². The van der Waals surface area contributed by atoms with E-state index in [9.17, 15) is 13.2 Å². The molecule has 1 saturated heterocycles. The second-order valence-electron chi connectivity index (χ2n) is 9.11. The molecule has 11 heteroatoms. The minimum Gasteiger partial charge on any atom is -0.356 e. The van der Waals surface area contributed by atoms with E-state index in [1.165, 1.54) is 24.7 Å². The number of aryl methyl sites for hydroxylation is 1. The number of benzene rings is 2. The zero-order valence-corrected chi connectivity index (χ0v) is 21.7. The molecule has 1 N–H and O–H groups in total. The summed E-state index contributed by atoms with van der Waals surface area (Å²) in [5.74, 6) is -0.496. The van der Waals surface area contributed by atoms with E-state index in [2.05, 4.69) is 15.1 Å². The lowest BCUT2D eigenvalue weighted by atomic mass is 10.0. The van der Waals surface area contributed by atoms with Crippen LogP contribution in [0.25, 0.3) is 22.2 Å². The third kappa shape index (κ3) is 4.65. The van der Waals surface area contributed by atoms with Crippen molar-refractivity contribution >= 4 is 32.8 Å². The van der Waals surface area contributed by atoms with Crippen LogP contribution in [0.5, 0.6) is 0 Å². The Hall–Kier alpha value is -4.51. The lowest BCUT2D eigenvalue weighted by Crippen LogP contribution is -2.45. The van der Waals surface area contributed by atoms with Gasteiger partial charge in [-0.3, -0.25) is 9.48 Å². The Balaban J connectivity index is 1.34. The van der Waals surface area contributed by atoms with Crippen molar-refractivity contribution < 1.29 is 21.5 Å². The fourth-order valence-electron chi connectivity index (χ4n) is 4.72. The molecule has 1 aliphatic rings. The number of nitrogens with zero attached hydrogens (tertiary/aromatic N) is 6. The minimum absolute atomic E-state index is 0.0972. The van der Waals surface area contributed by atoms with Crippen molar-refractivity contribution in [2.75, 3.05) is 18.0 Å². The highest BCUT2D eigenvalue weighted by atomic mass is 32.2. The Morgan fingerprint density at radius 3 is 2.51 bits per heavy atom. The van der Waals surface area contributed by atoms with Crippen molar-refractivity contribution in [1.29, 1.82) is 0 Å². The smallest absolute Gasteiger partial charge is 0.269 e. The first-order valence-corrected chi connectivity index (χ1v) is 13.7. The molecular weight excluding hydrogens is 514 g/mol. The maximum Gasteiger partial charge on any atom is 0.269 e. The molecule has 6 rings (SSSR count). The third-order valence-corrected chi connectivity index (χ3v) is 8.29. The minimum atomic E-state index is -4.02. The molecule has 1 fully saturated rings. The maximum absolute atomic E-state index is 13.7. The van der Waals surface area contributed by atoms with Crippen LogP contribution in [0, 0.1) is 0 Å². The summed E-state index contributed by atoms with van der Waals surface area (Å²) in [6, 6.07) is 4.24. The van der Waals surface area contributed by atoms with Gasteiger partial charge < -0.3 is 10.2 Å². The van der Waals surface area contributed by atoms with E-state index in [0.29, 0.717) is 53.6 Å². The molecule has 5 aromatic rings. The maximum atomic E-state index is 13.7. The van der Waals surface area contributed by atoms with E-state index in [1.807, 2.05) is 4.90 Å². The molecule has 39 heavy (non-hydrogen) atoms. The van der Waals surface area contributed by atoms with E-state index >= 15 is 0 Å². The molecule has 0 atom stereocenters. The van der Waals surface area contributed by atoms with Gasteiger partial charge in [0.25, 0.3) is 15.9 Å². The van der Waals surface area contributed by atoms with Gasteiger partial charge in [-0.2, -0.15) is 5.10 Å². The van der Waals surface area contributed by atoms with Crippen LogP contribution in [0.4, 0.5) is 5.82 Å². The predicted molar refractivity (Wildman–Crippen MR) is 148 cm³/mol. The Bertz CT molecular complexity index is 2030. The molecule has 0 unspecified atom stereocenters. The highest BCUT2D eigenvalue weighted by Gasteiger charge is 2.29. The zero-order valence-electron chi connectivity index (χ0n) is 26.9. The third-order valence-electron chi connectivity index (χ3n) is 6.63. The number of hydrogen-bond acceptors (Lipinski definition) is 7. The molecule has 0 radical (unpaired) electrons. The summed E-state index contributed by atoms with van der Waals surface area (Å²) in [7, 11) is -2.27. The molecule has 2 aromatic carbocycles. The van der Waals surface area contributed by atoms with Crippen LogP contribution in [-0.4, -0.2) is 57.2 Å². The Labute approximate surface area is 234 Å². The first-order valence-electron chi connectivity index (χ1n) is 15.2. The molecule has 198 valence electrons. The molecule has 0 saturated carbocycles.